The van der Waals surface area contributed by atoms with Crippen molar-refractivity contribution in [3.8, 4) is 0 Å². The first-order valence-electron chi connectivity index (χ1n) is 8.81. The third kappa shape index (κ3) is 3.19. The molecule has 0 spiro atoms. The van der Waals surface area contributed by atoms with Crippen LogP contribution in [0.15, 0.2) is 0 Å². The number of carbonyl (C=O) groups is 1. The van der Waals surface area contributed by atoms with Crippen molar-refractivity contribution in [3.05, 3.63) is 0 Å². The predicted octanol–water partition coefficient (Wildman–Crippen LogP) is 3.09. The fraction of sp³-hybridized carbons (Fsp3) is 0.941. The lowest BCUT2D eigenvalue weighted by molar-refractivity contribution is -0.134. The zero-order valence-electron chi connectivity index (χ0n) is 12.9. The summed E-state index contributed by atoms with van der Waals surface area (Å²) in [5.41, 5.74) is 0. The van der Waals surface area contributed by atoms with Gasteiger partial charge in [-0.2, -0.15) is 0 Å². The predicted molar refractivity (Wildman–Crippen MR) is 81.5 cm³/mol. The first-order chi connectivity index (χ1) is 9.76. The van der Waals surface area contributed by atoms with E-state index in [4.69, 9.17) is 0 Å². The Balaban J connectivity index is 1.51. The van der Waals surface area contributed by atoms with Crippen LogP contribution in [0.5, 0.6) is 0 Å². The number of piperidine rings is 1. The molecule has 2 atom stereocenters. The molecular weight excluding hydrogens is 248 g/mol. The van der Waals surface area contributed by atoms with Crippen LogP contribution in [0.4, 0.5) is 0 Å². The summed E-state index contributed by atoms with van der Waals surface area (Å²) in [6.07, 6.45) is 12.4. The van der Waals surface area contributed by atoms with Gasteiger partial charge in [-0.3, -0.25) is 4.79 Å². The van der Waals surface area contributed by atoms with Crippen molar-refractivity contribution in [1.29, 1.82) is 0 Å². The molecule has 3 fully saturated rings. The molecule has 20 heavy (non-hydrogen) atoms. The Morgan fingerprint density at radius 1 is 1.10 bits per heavy atom. The smallest absolute Gasteiger partial charge is 0.222 e. The molecule has 114 valence electrons. The van der Waals surface area contributed by atoms with Crippen LogP contribution in [0.3, 0.4) is 0 Å². The third-order valence-electron chi connectivity index (χ3n) is 5.79. The Hall–Kier alpha value is -0.570. The van der Waals surface area contributed by atoms with Gasteiger partial charge in [-0.1, -0.05) is 25.7 Å². The highest BCUT2D eigenvalue weighted by Crippen LogP contribution is 2.31. The average molecular weight is 278 g/mol. The minimum atomic E-state index is 0.422. The summed E-state index contributed by atoms with van der Waals surface area (Å²) in [4.78, 5) is 14.8. The lowest BCUT2D eigenvalue weighted by atomic mass is 9.96. The van der Waals surface area contributed by atoms with Crippen molar-refractivity contribution in [2.45, 2.75) is 89.3 Å². The standard InChI is InChI=1S/C17H30N2O/c1-2-19(16-11-14-8-9-15(12-16)18-14)17(20)10-7-13-5-3-4-6-13/h13-16,18H,2-12H2,1H3. The highest BCUT2D eigenvalue weighted by Gasteiger charge is 2.37. The van der Waals surface area contributed by atoms with E-state index in [1.165, 1.54) is 51.4 Å². The Bertz CT molecular complexity index is 326. The van der Waals surface area contributed by atoms with Crippen molar-refractivity contribution in [1.82, 2.24) is 10.2 Å². The highest BCUT2D eigenvalue weighted by molar-refractivity contribution is 5.76. The Labute approximate surface area is 123 Å². The van der Waals surface area contributed by atoms with Gasteiger partial charge in [-0.05, 0) is 44.9 Å². The molecule has 2 aliphatic heterocycles. The van der Waals surface area contributed by atoms with Crippen molar-refractivity contribution < 1.29 is 4.79 Å². The van der Waals surface area contributed by atoms with Gasteiger partial charge >= 0.3 is 0 Å². The molecule has 0 aromatic carbocycles. The molecule has 1 saturated carbocycles. The SMILES string of the molecule is CCN(C(=O)CCC1CCCC1)C1CC2CCC(C1)N2. The molecule has 2 heterocycles. The molecule has 3 heteroatoms. The van der Waals surface area contributed by atoms with E-state index in [0.717, 1.165) is 25.3 Å². The van der Waals surface area contributed by atoms with Gasteiger partial charge in [0, 0.05) is 31.1 Å². The van der Waals surface area contributed by atoms with E-state index >= 15 is 0 Å². The number of rotatable bonds is 5. The van der Waals surface area contributed by atoms with E-state index in [0.29, 0.717) is 24.0 Å². The van der Waals surface area contributed by atoms with Gasteiger partial charge in [-0.25, -0.2) is 0 Å². The summed E-state index contributed by atoms with van der Waals surface area (Å²) >= 11 is 0. The molecule has 2 saturated heterocycles. The summed E-state index contributed by atoms with van der Waals surface area (Å²) in [6.45, 7) is 3.05. The van der Waals surface area contributed by atoms with Gasteiger partial charge in [0.25, 0.3) is 0 Å². The molecule has 2 unspecified atom stereocenters. The second-order valence-corrected chi connectivity index (χ2v) is 7.13. The Morgan fingerprint density at radius 3 is 2.35 bits per heavy atom. The van der Waals surface area contributed by atoms with Crippen LogP contribution in [0.1, 0.15) is 71.1 Å². The van der Waals surface area contributed by atoms with Crippen molar-refractivity contribution in [2.75, 3.05) is 6.54 Å². The maximum absolute atomic E-state index is 12.6. The number of hydrogen-bond acceptors (Lipinski definition) is 2. The molecule has 0 aromatic heterocycles. The van der Waals surface area contributed by atoms with Gasteiger partial charge in [-0.15, -0.1) is 0 Å². The molecule has 3 aliphatic rings. The fourth-order valence-electron chi connectivity index (χ4n) is 4.69. The lowest BCUT2D eigenvalue weighted by Gasteiger charge is -2.37. The molecule has 3 nitrogen and oxygen atoms in total. The van der Waals surface area contributed by atoms with Crippen molar-refractivity contribution in [2.24, 2.45) is 5.92 Å². The summed E-state index contributed by atoms with van der Waals surface area (Å²) in [5, 5.41) is 3.68. The van der Waals surface area contributed by atoms with Crippen LogP contribution in [-0.4, -0.2) is 35.5 Å². The normalized spacial score (nSPS) is 33.5. The largest absolute Gasteiger partial charge is 0.340 e. The molecule has 1 N–H and O–H groups in total. The molecule has 1 amide bonds. The summed E-state index contributed by atoms with van der Waals surface area (Å²) < 4.78 is 0. The highest BCUT2D eigenvalue weighted by atomic mass is 16.2. The zero-order valence-corrected chi connectivity index (χ0v) is 12.9. The summed E-state index contributed by atoms with van der Waals surface area (Å²) in [5.74, 6) is 1.26. The van der Waals surface area contributed by atoms with E-state index in [1.54, 1.807) is 0 Å². The Kier molecular flexibility index (Phi) is 4.65. The summed E-state index contributed by atoms with van der Waals surface area (Å²) in [7, 11) is 0. The molecule has 2 bridgehead atoms. The first kappa shape index (κ1) is 14.4. The van der Waals surface area contributed by atoms with E-state index in [-0.39, 0.29) is 0 Å². The van der Waals surface area contributed by atoms with Gasteiger partial charge in [0.15, 0.2) is 0 Å². The molecule has 0 radical (unpaired) electrons. The minimum Gasteiger partial charge on any atom is -0.340 e. The van der Waals surface area contributed by atoms with E-state index in [1.807, 2.05) is 0 Å². The van der Waals surface area contributed by atoms with E-state index in [2.05, 4.69) is 17.1 Å². The van der Waals surface area contributed by atoms with Crippen molar-refractivity contribution >= 4 is 5.91 Å². The zero-order chi connectivity index (χ0) is 13.9. The van der Waals surface area contributed by atoms with Gasteiger partial charge in [0.2, 0.25) is 5.91 Å². The number of hydrogen-bond donors (Lipinski definition) is 1. The molecular formula is C17H30N2O. The van der Waals surface area contributed by atoms with Crippen LogP contribution in [0, 0.1) is 5.92 Å². The van der Waals surface area contributed by atoms with Crippen LogP contribution in [0.25, 0.3) is 0 Å². The monoisotopic (exact) mass is 278 g/mol. The Morgan fingerprint density at radius 2 is 1.75 bits per heavy atom. The second-order valence-electron chi connectivity index (χ2n) is 7.13. The molecule has 3 rings (SSSR count). The quantitative estimate of drug-likeness (QED) is 0.838. The number of nitrogens with one attached hydrogen (secondary N) is 1. The molecule has 1 aliphatic carbocycles. The minimum absolute atomic E-state index is 0.422. The summed E-state index contributed by atoms with van der Waals surface area (Å²) in [6, 6.07) is 1.86. The number of amides is 1. The molecule has 0 aromatic rings. The van der Waals surface area contributed by atoms with Crippen molar-refractivity contribution in [3.63, 3.8) is 0 Å². The van der Waals surface area contributed by atoms with Gasteiger partial charge in [0.1, 0.15) is 0 Å². The second kappa shape index (κ2) is 6.46. The maximum atomic E-state index is 12.6. The maximum Gasteiger partial charge on any atom is 0.222 e. The first-order valence-corrected chi connectivity index (χ1v) is 8.81. The van der Waals surface area contributed by atoms with Crippen LogP contribution >= 0.6 is 0 Å². The lowest BCUT2D eigenvalue weighted by Crippen LogP contribution is -2.50. The van der Waals surface area contributed by atoms with E-state index in [9.17, 15) is 4.79 Å². The van der Waals surface area contributed by atoms with Gasteiger partial charge < -0.3 is 10.2 Å². The number of nitrogens with zero attached hydrogens (tertiary/aromatic N) is 1. The third-order valence-corrected chi connectivity index (χ3v) is 5.79. The topological polar surface area (TPSA) is 32.3 Å². The number of fused-ring (bicyclic) bond motifs is 2. The van der Waals surface area contributed by atoms with Crippen LogP contribution < -0.4 is 5.32 Å². The average Bonchev–Trinajstić information content (AvgIpc) is 3.07. The van der Waals surface area contributed by atoms with Crippen LogP contribution in [-0.2, 0) is 4.79 Å². The van der Waals surface area contributed by atoms with Gasteiger partial charge in [0.05, 0.1) is 0 Å². The fourth-order valence-corrected chi connectivity index (χ4v) is 4.69. The van der Waals surface area contributed by atoms with Crippen LogP contribution in [0.2, 0.25) is 0 Å². The number of carbonyl (C=O) groups excluding carboxylic acids is 1. The van der Waals surface area contributed by atoms with E-state index < -0.39 is 0 Å².